The maximum atomic E-state index is 12.1. The van der Waals surface area contributed by atoms with Gasteiger partial charge in [0.25, 0.3) is 0 Å². The molecule has 0 aliphatic rings. The number of hydrogen-bond acceptors (Lipinski definition) is 4. The fourth-order valence-electron chi connectivity index (χ4n) is 2.80. The average molecular weight is 455 g/mol. The molecule has 5 nitrogen and oxygen atoms in total. The Labute approximate surface area is 182 Å². The largest absolute Gasteiger partial charge is 0.355 e. The van der Waals surface area contributed by atoms with Crippen molar-refractivity contribution in [3.8, 4) is 0 Å². The highest BCUT2D eigenvalue weighted by molar-refractivity contribution is 7.98. The topological polar surface area (TPSA) is 66.5 Å². The standard InChI is InChI=1S/C21H27ClN2O3S2/c1-17-7-5-9-19(15-17)24(29(2,26)27)13-6-11-21(25)23-12-14-28-16-18-8-3-4-10-20(18)22/h3-5,7-10,15H,6,11-14,16H2,1-2H3,(H,23,25). The number of benzene rings is 2. The number of sulfonamides is 1. The zero-order valence-corrected chi connectivity index (χ0v) is 19.1. The number of hydrogen-bond donors (Lipinski definition) is 1. The van der Waals surface area contributed by atoms with Gasteiger partial charge in [-0.25, -0.2) is 8.42 Å². The van der Waals surface area contributed by atoms with Crippen LogP contribution in [0, 0.1) is 6.92 Å². The van der Waals surface area contributed by atoms with Gasteiger partial charge in [-0.05, 0) is 42.7 Å². The Morgan fingerprint density at radius 3 is 2.62 bits per heavy atom. The van der Waals surface area contributed by atoms with Gasteiger partial charge in [-0.2, -0.15) is 11.8 Å². The Kier molecular flexibility index (Phi) is 9.33. The first-order chi connectivity index (χ1) is 13.8. The summed E-state index contributed by atoms with van der Waals surface area (Å²) in [4.78, 5) is 12.0. The van der Waals surface area contributed by atoms with E-state index in [2.05, 4.69) is 5.32 Å². The molecule has 0 radical (unpaired) electrons. The van der Waals surface area contributed by atoms with Crippen molar-refractivity contribution in [2.75, 3.05) is 29.4 Å². The van der Waals surface area contributed by atoms with E-state index < -0.39 is 10.0 Å². The van der Waals surface area contributed by atoms with Gasteiger partial charge in [-0.1, -0.05) is 41.9 Å². The molecular weight excluding hydrogens is 428 g/mol. The Balaban J connectivity index is 1.70. The number of thioether (sulfide) groups is 1. The van der Waals surface area contributed by atoms with Gasteiger partial charge >= 0.3 is 0 Å². The van der Waals surface area contributed by atoms with Gasteiger partial charge in [0, 0.05) is 36.0 Å². The minimum Gasteiger partial charge on any atom is -0.355 e. The summed E-state index contributed by atoms with van der Waals surface area (Å²) in [5.41, 5.74) is 2.70. The van der Waals surface area contributed by atoms with Crippen LogP contribution in [0.5, 0.6) is 0 Å². The van der Waals surface area contributed by atoms with Gasteiger partial charge < -0.3 is 5.32 Å². The van der Waals surface area contributed by atoms with Crippen LogP contribution in [-0.2, 0) is 20.6 Å². The molecule has 1 N–H and O–H groups in total. The monoisotopic (exact) mass is 454 g/mol. The predicted molar refractivity (Wildman–Crippen MR) is 123 cm³/mol. The third-order valence-corrected chi connectivity index (χ3v) is 6.81. The summed E-state index contributed by atoms with van der Waals surface area (Å²) in [5, 5.41) is 3.64. The van der Waals surface area contributed by atoms with E-state index in [-0.39, 0.29) is 18.9 Å². The molecule has 8 heteroatoms. The molecule has 0 aliphatic carbocycles. The number of amides is 1. The zero-order chi connectivity index (χ0) is 21.3. The molecule has 0 saturated carbocycles. The Morgan fingerprint density at radius 1 is 1.17 bits per heavy atom. The first kappa shape index (κ1) is 23.6. The van der Waals surface area contributed by atoms with Gasteiger partial charge in [-0.15, -0.1) is 0 Å². The van der Waals surface area contributed by atoms with E-state index in [0.717, 1.165) is 27.7 Å². The van der Waals surface area contributed by atoms with Crippen LogP contribution in [0.4, 0.5) is 5.69 Å². The highest BCUT2D eigenvalue weighted by atomic mass is 35.5. The van der Waals surface area contributed by atoms with E-state index >= 15 is 0 Å². The van der Waals surface area contributed by atoms with Crippen molar-refractivity contribution in [2.24, 2.45) is 0 Å². The average Bonchev–Trinajstić information content (AvgIpc) is 2.65. The third-order valence-electron chi connectivity index (χ3n) is 4.24. The molecule has 0 atom stereocenters. The molecule has 2 aromatic rings. The fourth-order valence-corrected chi connectivity index (χ4v) is 4.90. The Hall–Kier alpha value is -1.70. The van der Waals surface area contributed by atoms with Crippen molar-refractivity contribution in [3.63, 3.8) is 0 Å². The van der Waals surface area contributed by atoms with Crippen LogP contribution in [0.3, 0.4) is 0 Å². The van der Waals surface area contributed by atoms with Crippen molar-refractivity contribution < 1.29 is 13.2 Å². The minimum atomic E-state index is -3.40. The van der Waals surface area contributed by atoms with Crippen LogP contribution in [-0.4, -0.2) is 39.4 Å². The van der Waals surface area contributed by atoms with Crippen molar-refractivity contribution in [1.82, 2.24) is 5.32 Å². The molecular formula is C21H27ClN2O3S2. The van der Waals surface area contributed by atoms with Crippen molar-refractivity contribution >= 4 is 45.0 Å². The first-order valence-corrected chi connectivity index (χ1v) is 12.8. The number of carbonyl (C=O) groups is 1. The number of halogens is 1. The molecule has 29 heavy (non-hydrogen) atoms. The number of nitrogens with one attached hydrogen (secondary N) is 1. The second-order valence-corrected chi connectivity index (χ2v) is 10.2. The van der Waals surface area contributed by atoms with Crippen LogP contribution in [0.15, 0.2) is 48.5 Å². The van der Waals surface area contributed by atoms with E-state index in [0.29, 0.717) is 18.7 Å². The van der Waals surface area contributed by atoms with Crippen molar-refractivity contribution in [2.45, 2.75) is 25.5 Å². The van der Waals surface area contributed by atoms with Crippen LogP contribution in [0.2, 0.25) is 5.02 Å². The van der Waals surface area contributed by atoms with Gasteiger partial charge in [0.05, 0.1) is 11.9 Å². The van der Waals surface area contributed by atoms with E-state index in [1.807, 2.05) is 49.4 Å². The lowest BCUT2D eigenvalue weighted by molar-refractivity contribution is -0.121. The maximum Gasteiger partial charge on any atom is 0.232 e. The third kappa shape index (κ3) is 8.28. The lowest BCUT2D eigenvalue weighted by Crippen LogP contribution is -2.32. The van der Waals surface area contributed by atoms with E-state index in [1.54, 1.807) is 17.8 Å². The number of carbonyl (C=O) groups excluding carboxylic acids is 1. The first-order valence-electron chi connectivity index (χ1n) is 9.39. The van der Waals surface area contributed by atoms with E-state index in [1.165, 1.54) is 10.6 Å². The quantitative estimate of drug-likeness (QED) is 0.515. The lowest BCUT2D eigenvalue weighted by atomic mass is 10.2. The number of rotatable bonds is 11. The molecule has 0 aliphatic heterocycles. The molecule has 0 spiro atoms. The number of nitrogens with zero attached hydrogens (tertiary/aromatic N) is 1. The van der Waals surface area contributed by atoms with Crippen LogP contribution < -0.4 is 9.62 Å². The van der Waals surface area contributed by atoms with Crippen LogP contribution in [0.1, 0.15) is 24.0 Å². The second kappa shape index (κ2) is 11.5. The summed E-state index contributed by atoms with van der Waals surface area (Å²) in [6.07, 6.45) is 1.93. The van der Waals surface area contributed by atoms with Crippen LogP contribution in [0.25, 0.3) is 0 Å². The van der Waals surface area contributed by atoms with Crippen molar-refractivity contribution in [3.05, 3.63) is 64.7 Å². The molecule has 0 heterocycles. The molecule has 2 rings (SSSR count). The summed E-state index contributed by atoms with van der Waals surface area (Å²) in [6.45, 7) is 2.76. The fraction of sp³-hybridized carbons (Fsp3) is 0.381. The molecule has 1 amide bonds. The van der Waals surface area contributed by atoms with Gasteiger partial charge in [-0.3, -0.25) is 9.10 Å². The number of anilines is 1. The molecule has 0 fully saturated rings. The summed E-state index contributed by atoms with van der Waals surface area (Å²) in [5.74, 6) is 1.52. The van der Waals surface area contributed by atoms with Gasteiger partial charge in [0.15, 0.2) is 0 Å². The Morgan fingerprint density at radius 2 is 1.93 bits per heavy atom. The summed E-state index contributed by atoms with van der Waals surface area (Å²) >= 11 is 7.83. The SMILES string of the molecule is Cc1cccc(N(CCCC(=O)NCCSCc2ccccc2Cl)S(C)(=O)=O)c1. The van der Waals surface area contributed by atoms with E-state index in [9.17, 15) is 13.2 Å². The molecule has 2 aromatic carbocycles. The predicted octanol–water partition coefficient (Wildman–Crippen LogP) is 4.24. The zero-order valence-electron chi connectivity index (χ0n) is 16.7. The highest BCUT2D eigenvalue weighted by Gasteiger charge is 2.17. The second-order valence-electron chi connectivity index (χ2n) is 6.77. The lowest BCUT2D eigenvalue weighted by Gasteiger charge is -2.22. The van der Waals surface area contributed by atoms with Crippen LogP contribution >= 0.6 is 23.4 Å². The summed E-state index contributed by atoms with van der Waals surface area (Å²) in [7, 11) is -3.40. The smallest absolute Gasteiger partial charge is 0.232 e. The summed E-state index contributed by atoms with van der Waals surface area (Å²) < 4.78 is 25.6. The molecule has 158 valence electrons. The Bertz CT molecular complexity index is 920. The number of aryl methyl sites for hydroxylation is 1. The van der Waals surface area contributed by atoms with Crippen molar-refractivity contribution in [1.29, 1.82) is 0 Å². The molecule has 0 saturated heterocycles. The summed E-state index contributed by atoms with van der Waals surface area (Å²) in [6, 6.07) is 15.1. The molecule has 0 unspecified atom stereocenters. The molecule has 0 aromatic heterocycles. The minimum absolute atomic E-state index is 0.0685. The normalized spacial score (nSPS) is 11.3. The highest BCUT2D eigenvalue weighted by Crippen LogP contribution is 2.21. The van der Waals surface area contributed by atoms with E-state index in [4.69, 9.17) is 11.6 Å². The maximum absolute atomic E-state index is 12.1. The van der Waals surface area contributed by atoms with Gasteiger partial charge in [0.1, 0.15) is 0 Å². The van der Waals surface area contributed by atoms with Gasteiger partial charge in [0.2, 0.25) is 15.9 Å². The molecule has 0 bridgehead atoms.